The van der Waals surface area contributed by atoms with Crippen molar-refractivity contribution in [3.8, 4) is 0 Å². The van der Waals surface area contributed by atoms with Crippen molar-refractivity contribution in [1.29, 1.82) is 0 Å². The van der Waals surface area contributed by atoms with E-state index < -0.39 is 11.7 Å². The van der Waals surface area contributed by atoms with Crippen LogP contribution in [0.4, 0.5) is 10.2 Å². The molecule has 106 valence electrons. The van der Waals surface area contributed by atoms with Crippen molar-refractivity contribution in [1.82, 2.24) is 10.3 Å². The van der Waals surface area contributed by atoms with Gasteiger partial charge in [0, 0.05) is 12.7 Å². The molecule has 1 aromatic rings. The molecule has 0 saturated heterocycles. The minimum absolute atomic E-state index is 0.0464. The summed E-state index contributed by atoms with van der Waals surface area (Å²) in [4.78, 5) is 15.3. The number of nitrogen functional groups attached to an aromatic ring is 1. The van der Waals surface area contributed by atoms with Gasteiger partial charge in [-0.3, -0.25) is 4.79 Å². The van der Waals surface area contributed by atoms with Gasteiger partial charge in [0.05, 0.1) is 5.56 Å². The fourth-order valence-corrected chi connectivity index (χ4v) is 2.15. The van der Waals surface area contributed by atoms with E-state index in [0.717, 1.165) is 19.3 Å². The van der Waals surface area contributed by atoms with Gasteiger partial charge in [-0.2, -0.15) is 11.8 Å². The lowest BCUT2D eigenvalue weighted by Gasteiger charge is -2.06. The highest BCUT2D eigenvalue weighted by Gasteiger charge is 2.13. The summed E-state index contributed by atoms with van der Waals surface area (Å²) in [6.07, 6.45) is 7.76. The second-order valence-corrected chi connectivity index (χ2v) is 5.21. The molecule has 0 aliphatic rings. The number of aromatic nitrogens is 1. The Morgan fingerprint density at radius 3 is 2.89 bits per heavy atom. The Morgan fingerprint density at radius 2 is 2.16 bits per heavy atom. The summed E-state index contributed by atoms with van der Waals surface area (Å²) in [6, 6.07) is 1.33. The summed E-state index contributed by atoms with van der Waals surface area (Å²) in [5, 5.41) is 2.69. The number of amides is 1. The number of hydrogen-bond acceptors (Lipinski definition) is 4. The molecule has 3 N–H and O–H groups in total. The van der Waals surface area contributed by atoms with Crippen molar-refractivity contribution in [2.45, 2.75) is 25.7 Å². The molecule has 1 aromatic heterocycles. The summed E-state index contributed by atoms with van der Waals surface area (Å²) in [5.41, 5.74) is 5.27. The Balaban J connectivity index is 2.26. The fourth-order valence-electron chi connectivity index (χ4n) is 1.66. The van der Waals surface area contributed by atoms with Gasteiger partial charge in [-0.1, -0.05) is 12.8 Å². The number of nitrogens with one attached hydrogen (secondary N) is 1. The summed E-state index contributed by atoms with van der Waals surface area (Å²) in [6.45, 7) is 0.555. The van der Waals surface area contributed by atoms with Gasteiger partial charge in [-0.15, -0.1) is 0 Å². The van der Waals surface area contributed by atoms with E-state index in [9.17, 15) is 9.18 Å². The van der Waals surface area contributed by atoms with Gasteiger partial charge in [0.15, 0.2) is 11.6 Å². The average molecular weight is 285 g/mol. The molecular formula is C13H20FN3OS. The number of nitrogens with zero attached hydrogens (tertiary/aromatic N) is 1. The molecule has 0 radical (unpaired) electrons. The fraction of sp³-hybridized carbons (Fsp3) is 0.538. The standard InChI is InChI=1S/C13H20FN3OS/c1-19-9-5-3-2-4-7-17-13(18)10-6-8-16-12(15)11(10)14/h6,8H,2-5,7,9H2,1H3,(H2,15,16)(H,17,18). The Kier molecular flexibility index (Phi) is 7.25. The van der Waals surface area contributed by atoms with Crippen LogP contribution in [-0.2, 0) is 0 Å². The number of hydrogen-bond donors (Lipinski definition) is 2. The van der Waals surface area contributed by atoms with E-state index in [-0.39, 0.29) is 11.4 Å². The second-order valence-electron chi connectivity index (χ2n) is 4.22. The number of pyridine rings is 1. The Bertz CT molecular complexity index is 415. The van der Waals surface area contributed by atoms with Crippen LogP contribution in [0, 0.1) is 5.82 Å². The molecule has 6 heteroatoms. The molecule has 4 nitrogen and oxygen atoms in total. The first-order valence-electron chi connectivity index (χ1n) is 6.34. The van der Waals surface area contributed by atoms with Gasteiger partial charge in [0.25, 0.3) is 5.91 Å². The van der Waals surface area contributed by atoms with E-state index in [4.69, 9.17) is 5.73 Å². The van der Waals surface area contributed by atoms with Crippen molar-refractivity contribution >= 4 is 23.5 Å². The first-order chi connectivity index (χ1) is 9.16. The largest absolute Gasteiger partial charge is 0.381 e. The zero-order chi connectivity index (χ0) is 14.1. The van der Waals surface area contributed by atoms with Gasteiger partial charge in [-0.25, -0.2) is 9.37 Å². The molecule has 0 saturated carbocycles. The van der Waals surface area contributed by atoms with Gasteiger partial charge in [0.1, 0.15) is 0 Å². The van der Waals surface area contributed by atoms with Gasteiger partial charge >= 0.3 is 0 Å². The predicted octanol–water partition coefficient (Wildman–Crippen LogP) is 2.46. The van der Waals surface area contributed by atoms with Crippen LogP contribution in [0.1, 0.15) is 36.0 Å². The number of carbonyl (C=O) groups is 1. The summed E-state index contributed by atoms with van der Waals surface area (Å²) in [7, 11) is 0. The number of rotatable bonds is 8. The zero-order valence-electron chi connectivity index (χ0n) is 11.1. The molecule has 0 aliphatic heterocycles. The minimum atomic E-state index is -0.750. The number of anilines is 1. The third-order valence-electron chi connectivity index (χ3n) is 2.72. The lowest BCUT2D eigenvalue weighted by molar-refractivity contribution is 0.0949. The van der Waals surface area contributed by atoms with Crippen LogP contribution in [0.2, 0.25) is 0 Å². The van der Waals surface area contributed by atoms with Crippen LogP contribution in [0.25, 0.3) is 0 Å². The number of halogens is 1. The predicted molar refractivity (Wildman–Crippen MR) is 77.8 cm³/mol. The molecule has 0 aromatic carbocycles. The number of thioether (sulfide) groups is 1. The van der Waals surface area contributed by atoms with Gasteiger partial charge in [-0.05, 0) is 30.9 Å². The van der Waals surface area contributed by atoms with Crippen molar-refractivity contribution in [3.05, 3.63) is 23.6 Å². The van der Waals surface area contributed by atoms with E-state index in [0.29, 0.717) is 6.54 Å². The van der Waals surface area contributed by atoms with E-state index in [1.54, 1.807) is 0 Å². The molecule has 0 fully saturated rings. The lowest BCUT2D eigenvalue weighted by atomic mass is 10.2. The highest BCUT2D eigenvalue weighted by molar-refractivity contribution is 7.98. The van der Waals surface area contributed by atoms with E-state index >= 15 is 0 Å². The van der Waals surface area contributed by atoms with E-state index in [1.807, 2.05) is 11.8 Å². The SMILES string of the molecule is CSCCCCCCNC(=O)c1ccnc(N)c1F. The number of nitrogens with two attached hydrogens (primary N) is 1. The van der Waals surface area contributed by atoms with Crippen molar-refractivity contribution < 1.29 is 9.18 Å². The van der Waals surface area contributed by atoms with Crippen LogP contribution >= 0.6 is 11.8 Å². The Labute approximate surface area is 117 Å². The third kappa shape index (κ3) is 5.46. The average Bonchev–Trinajstić information content (AvgIpc) is 2.40. The third-order valence-corrected chi connectivity index (χ3v) is 3.42. The molecule has 1 heterocycles. The maximum Gasteiger partial charge on any atom is 0.254 e. The van der Waals surface area contributed by atoms with Gasteiger partial charge < -0.3 is 11.1 Å². The quantitative estimate of drug-likeness (QED) is 0.720. The highest BCUT2D eigenvalue weighted by atomic mass is 32.2. The first-order valence-corrected chi connectivity index (χ1v) is 7.73. The lowest BCUT2D eigenvalue weighted by Crippen LogP contribution is -2.25. The van der Waals surface area contributed by atoms with E-state index in [1.165, 1.54) is 24.4 Å². The van der Waals surface area contributed by atoms with Crippen LogP contribution in [0.3, 0.4) is 0 Å². The monoisotopic (exact) mass is 285 g/mol. The smallest absolute Gasteiger partial charge is 0.254 e. The molecule has 1 rings (SSSR count). The van der Waals surface area contributed by atoms with Gasteiger partial charge in [0.2, 0.25) is 0 Å². The Morgan fingerprint density at radius 1 is 1.42 bits per heavy atom. The number of carbonyl (C=O) groups excluding carboxylic acids is 1. The summed E-state index contributed by atoms with van der Waals surface area (Å²) in [5.74, 6) is -0.256. The minimum Gasteiger partial charge on any atom is -0.381 e. The van der Waals surface area contributed by atoms with Crippen LogP contribution in [-0.4, -0.2) is 29.4 Å². The van der Waals surface area contributed by atoms with Crippen LogP contribution in [0.5, 0.6) is 0 Å². The maximum atomic E-state index is 13.5. The Hall–Kier alpha value is -1.30. The molecule has 0 atom stereocenters. The molecule has 0 bridgehead atoms. The van der Waals surface area contributed by atoms with E-state index in [2.05, 4.69) is 16.6 Å². The maximum absolute atomic E-state index is 13.5. The van der Waals surface area contributed by atoms with Crippen molar-refractivity contribution in [3.63, 3.8) is 0 Å². The summed E-state index contributed by atoms with van der Waals surface area (Å²) >= 11 is 1.84. The summed E-state index contributed by atoms with van der Waals surface area (Å²) < 4.78 is 13.5. The molecule has 0 unspecified atom stereocenters. The molecular weight excluding hydrogens is 265 g/mol. The zero-order valence-corrected chi connectivity index (χ0v) is 11.9. The molecule has 19 heavy (non-hydrogen) atoms. The molecule has 0 spiro atoms. The van der Waals surface area contributed by atoms with Crippen molar-refractivity contribution in [2.24, 2.45) is 0 Å². The van der Waals surface area contributed by atoms with Crippen LogP contribution < -0.4 is 11.1 Å². The topological polar surface area (TPSA) is 68.0 Å². The first kappa shape index (κ1) is 15.8. The molecule has 1 amide bonds. The molecule has 0 aliphatic carbocycles. The van der Waals surface area contributed by atoms with Crippen LogP contribution in [0.15, 0.2) is 12.3 Å². The highest BCUT2D eigenvalue weighted by Crippen LogP contribution is 2.11. The normalized spacial score (nSPS) is 10.4. The second kappa shape index (κ2) is 8.74. The number of unbranched alkanes of at least 4 members (excludes halogenated alkanes) is 3. The van der Waals surface area contributed by atoms with Crippen molar-refractivity contribution in [2.75, 3.05) is 24.3 Å².